The van der Waals surface area contributed by atoms with Crippen LogP contribution < -0.4 is 16.4 Å². The van der Waals surface area contributed by atoms with E-state index < -0.39 is 23.6 Å². The Labute approximate surface area is 267 Å². The number of benzene rings is 2. The fraction of sp³-hybridized carbons (Fsp3) is 0.379. The predicted molar refractivity (Wildman–Crippen MR) is 165 cm³/mol. The van der Waals surface area contributed by atoms with Crippen LogP contribution in [0.5, 0.6) is 0 Å². The Morgan fingerprint density at radius 3 is 1.93 bits per heavy atom. The first kappa shape index (κ1) is 35.0. The summed E-state index contributed by atoms with van der Waals surface area (Å²) in [6, 6.07) is 8.57. The van der Waals surface area contributed by atoms with Crippen molar-refractivity contribution in [3.05, 3.63) is 84.4 Å². The number of halogens is 7. The second-order valence-corrected chi connectivity index (χ2v) is 11.3. The number of hydrazine groups is 1. The molecule has 0 unspecified atom stereocenters. The van der Waals surface area contributed by atoms with Crippen molar-refractivity contribution in [2.24, 2.45) is 0 Å². The van der Waals surface area contributed by atoms with Gasteiger partial charge in [0.05, 0.1) is 17.2 Å². The van der Waals surface area contributed by atoms with E-state index in [0.717, 1.165) is 39.5 Å². The summed E-state index contributed by atoms with van der Waals surface area (Å²) in [5.74, 6) is -1.66. The van der Waals surface area contributed by atoms with E-state index >= 15 is 0 Å². The minimum atomic E-state index is -2.16. The van der Waals surface area contributed by atoms with Gasteiger partial charge in [0.2, 0.25) is 5.95 Å². The highest BCUT2D eigenvalue weighted by molar-refractivity contribution is 6.37. The molecule has 0 radical (unpaired) electrons. The lowest BCUT2D eigenvalue weighted by atomic mass is 10.1. The van der Waals surface area contributed by atoms with Gasteiger partial charge < -0.3 is 4.74 Å². The van der Waals surface area contributed by atoms with E-state index in [2.05, 4.69) is 15.6 Å². The SMILES string of the molecule is C1CCNNCC1.COC(=O)C(=C(F)F)c1ccc(Cl)cc1Cl.O=c1c(-c2ccc(Cl)cc2Cl)c(F)n2n1CCCCC2. The van der Waals surface area contributed by atoms with Crippen LogP contribution in [0.4, 0.5) is 13.2 Å². The van der Waals surface area contributed by atoms with Crippen molar-refractivity contribution in [3.8, 4) is 11.1 Å². The molecule has 0 amide bonds. The maximum absolute atomic E-state index is 14.6. The monoisotopic (exact) mass is 680 g/mol. The van der Waals surface area contributed by atoms with Gasteiger partial charge in [0.1, 0.15) is 11.1 Å². The summed E-state index contributed by atoms with van der Waals surface area (Å²) in [5, 5.41) is 0.993. The summed E-state index contributed by atoms with van der Waals surface area (Å²) >= 11 is 23.3. The molecule has 2 N–H and O–H groups in total. The molecule has 7 nitrogen and oxygen atoms in total. The first-order chi connectivity index (χ1) is 20.6. The van der Waals surface area contributed by atoms with Crippen molar-refractivity contribution in [2.45, 2.75) is 51.6 Å². The van der Waals surface area contributed by atoms with E-state index in [-0.39, 0.29) is 31.8 Å². The molecule has 0 atom stereocenters. The first-order valence-corrected chi connectivity index (χ1v) is 15.1. The van der Waals surface area contributed by atoms with Crippen LogP contribution >= 0.6 is 46.4 Å². The maximum atomic E-state index is 14.6. The van der Waals surface area contributed by atoms with Crippen LogP contribution in [0.3, 0.4) is 0 Å². The molecule has 2 aliphatic heterocycles. The summed E-state index contributed by atoms with van der Waals surface area (Å²) < 4.78 is 46.9. The summed E-state index contributed by atoms with van der Waals surface area (Å²) in [6.07, 6.45) is 4.64. The zero-order chi connectivity index (χ0) is 31.5. The average molecular weight is 682 g/mol. The van der Waals surface area contributed by atoms with Crippen LogP contribution in [-0.4, -0.2) is 35.5 Å². The van der Waals surface area contributed by atoms with Crippen molar-refractivity contribution < 1.29 is 22.7 Å². The Balaban J connectivity index is 0.000000196. The molecular weight excluding hydrogens is 651 g/mol. The third-order valence-electron chi connectivity index (χ3n) is 6.62. The summed E-state index contributed by atoms with van der Waals surface area (Å²) in [6.45, 7) is 3.34. The van der Waals surface area contributed by atoms with E-state index in [1.807, 2.05) is 0 Å². The Bertz CT molecular complexity index is 1490. The van der Waals surface area contributed by atoms with Gasteiger partial charge in [-0.2, -0.15) is 13.2 Å². The van der Waals surface area contributed by atoms with Gasteiger partial charge in [0.25, 0.3) is 11.6 Å². The van der Waals surface area contributed by atoms with E-state index in [9.17, 15) is 22.8 Å². The van der Waals surface area contributed by atoms with E-state index in [4.69, 9.17) is 46.4 Å². The minimum Gasteiger partial charge on any atom is -0.465 e. The van der Waals surface area contributed by atoms with Gasteiger partial charge in [-0.15, -0.1) is 0 Å². The van der Waals surface area contributed by atoms with Gasteiger partial charge in [-0.3, -0.25) is 20.3 Å². The fourth-order valence-corrected chi connectivity index (χ4v) is 5.49. The Morgan fingerprint density at radius 2 is 1.37 bits per heavy atom. The number of methoxy groups -OCH3 is 1. The van der Waals surface area contributed by atoms with Gasteiger partial charge in [-0.1, -0.05) is 65.0 Å². The predicted octanol–water partition coefficient (Wildman–Crippen LogP) is 7.99. The molecule has 14 heteroatoms. The van der Waals surface area contributed by atoms with Crippen LogP contribution in [0.15, 0.2) is 47.3 Å². The second kappa shape index (κ2) is 17.1. The number of fused-ring (bicyclic) bond motifs is 1. The molecule has 0 saturated carbocycles. The van der Waals surface area contributed by atoms with Crippen molar-refractivity contribution in [1.29, 1.82) is 0 Å². The van der Waals surface area contributed by atoms with Crippen LogP contribution in [-0.2, 0) is 22.6 Å². The number of esters is 1. The molecular formula is C29H31Cl4F3N4O3. The van der Waals surface area contributed by atoms with Crippen molar-refractivity contribution in [1.82, 2.24) is 20.2 Å². The van der Waals surface area contributed by atoms with Gasteiger partial charge in [0.15, 0.2) is 0 Å². The highest BCUT2D eigenvalue weighted by Crippen LogP contribution is 2.32. The van der Waals surface area contributed by atoms with Crippen LogP contribution in [0.1, 0.15) is 44.1 Å². The molecule has 2 aliphatic rings. The molecule has 1 fully saturated rings. The standard InChI is InChI=1S/C14H13Cl2FN2O.C10H6Cl2F2O2.C5H12N2/c15-9-4-5-10(11(16)8-9)12-13(17)18-6-2-1-3-7-19(18)14(12)20;1-16-10(15)8(9(13)14)6-3-2-5(11)4-7(6)12;1-2-4-6-7-5-3-1/h4-5,8H,1-3,6-7H2;2-4H,1H3;6-7H,1-5H2. The molecule has 3 aromatic rings. The Hall–Kier alpha value is -2.47. The minimum absolute atomic E-state index is 0.0357. The lowest BCUT2D eigenvalue weighted by Gasteiger charge is -2.06. The van der Waals surface area contributed by atoms with E-state index in [1.54, 1.807) is 12.1 Å². The molecule has 0 aliphatic carbocycles. The number of hydrogen-bond donors (Lipinski definition) is 2. The number of aromatic nitrogens is 2. The van der Waals surface area contributed by atoms with E-state index in [1.165, 1.54) is 52.9 Å². The number of rotatable bonds is 3. The highest BCUT2D eigenvalue weighted by atomic mass is 35.5. The molecule has 3 heterocycles. The summed E-state index contributed by atoms with van der Waals surface area (Å²) in [5.41, 5.74) is 5.33. The zero-order valence-electron chi connectivity index (χ0n) is 23.3. The highest BCUT2D eigenvalue weighted by Gasteiger charge is 2.24. The average Bonchev–Trinajstić information content (AvgIpc) is 3.31. The molecule has 0 spiro atoms. The largest absolute Gasteiger partial charge is 0.465 e. The topological polar surface area (TPSA) is 77.3 Å². The Kier molecular flexibility index (Phi) is 13.9. The third kappa shape index (κ3) is 9.51. The molecule has 5 rings (SSSR count). The lowest BCUT2D eigenvalue weighted by molar-refractivity contribution is -0.133. The quantitative estimate of drug-likeness (QED) is 0.217. The molecule has 1 aromatic heterocycles. The fourth-order valence-electron chi connectivity index (χ4n) is 4.49. The number of ether oxygens (including phenoxy) is 1. The summed E-state index contributed by atoms with van der Waals surface area (Å²) in [4.78, 5) is 23.6. The maximum Gasteiger partial charge on any atom is 0.344 e. The summed E-state index contributed by atoms with van der Waals surface area (Å²) in [7, 11) is 1.01. The van der Waals surface area contributed by atoms with Gasteiger partial charge >= 0.3 is 5.97 Å². The molecule has 0 bridgehead atoms. The third-order valence-corrected chi connectivity index (χ3v) is 7.72. The van der Waals surface area contributed by atoms with Crippen LogP contribution in [0.2, 0.25) is 20.1 Å². The molecule has 43 heavy (non-hydrogen) atoms. The number of carbonyl (C=O) groups is 1. The van der Waals surface area contributed by atoms with Gasteiger partial charge in [-0.05, 0) is 56.4 Å². The molecule has 1 saturated heterocycles. The number of hydrogen-bond acceptors (Lipinski definition) is 5. The van der Waals surface area contributed by atoms with Crippen molar-refractivity contribution >= 4 is 57.9 Å². The number of nitrogens with zero attached hydrogens (tertiary/aromatic N) is 2. The molecule has 234 valence electrons. The smallest absolute Gasteiger partial charge is 0.344 e. The van der Waals surface area contributed by atoms with Gasteiger partial charge in [-0.25, -0.2) is 9.48 Å². The normalized spacial score (nSPS) is 14.5. The van der Waals surface area contributed by atoms with E-state index in [0.29, 0.717) is 23.7 Å². The molecule has 2 aromatic carbocycles. The first-order valence-electron chi connectivity index (χ1n) is 13.6. The van der Waals surface area contributed by atoms with Crippen molar-refractivity contribution in [3.63, 3.8) is 0 Å². The Morgan fingerprint density at radius 1 is 0.814 bits per heavy atom. The van der Waals surface area contributed by atoms with Crippen LogP contribution in [0.25, 0.3) is 16.7 Å². The van der Waals surface area contributed by atoms with Crippen LogP contribution in [0, 0.1) is 5.95 Å². The number of carbonyl (C=O) groups excluding carboxylic acids is 1. The van der Waals surface area contributed by atoms with Gasteiger partial charge in [0, 0.05) is 47.4 Å². The number of nitrogens with one attached hydrogen (secondary N) is 2. The zero-order valence-corrected chi connectivity index (χ0v) is 26.3. The van der Waals surface area contributed by atoms with Crippen molar-refractivity contribution in [2.75, 3.05) is 20.2 Å². The second-order valence-electron chi connectivity index (χ2n) is 9.57. The lowest BCUT2D eigenvalue weighted by Crippen LogP contribution is -2.30.